The topological polar surface area (TPSA) is 38.7 Å². The van der Waals surface area contributed by atoms with Gasteiger partial charge >= 0.3 is 0 Å². The van der Waals surface area contributed by atoms with Crippen LogP contribution in [0.15, 0.2) is 0 Å². The monoisotopic (exact) mass is 162 g/mol. The van der Waals surface area contributed by atoms with Gasteiger partial charge in [-0.05, 0) is 20.3 Å². The van der Waals surface area contributed by atoms with Crippen LogP contribution < -0.4 is 0 Å². The summed E-state index contributed by atoms with van der Waals surface area (Å²) in [7, 11) is 1.67. The molecule has 0 heterocycles. The zero-order valence-corrected chi connectivity index (χ0v) is 7.59. The first-order chi connectivity index (χ1) is 5.12. The first kappa shape index (κ1) is 10.9. The highest BCUT2D eigenvalue weighted by molar-refractivity contribution is 4.67. The minimum atomic E-state index is -0.182. The third kappa shape index (κ3) is 6.28. The number of methoxy groups -OCH3 is 1. The van der Waals surface area contributed by atoms with E-state index >= 15 is 0 Å². The van der Waals surface area contributed by atoms with Gasteiger partial charge in [-0.25, -0.2) is 0 Å². The van der Waals surface area contributed by atoms with E-state index in [0.29, 0.717) is 13.2 Å². The van der Waals surface area contributed by atoms with Crippen LogP contribution in [-0.4, -0.2) is 37.6 Å². The molecule has 0 aromatic rings. The molecule has 1 N–H and O–H groups in total. The minimum absolute atomic E-state index is 0.0798. The Morgan fingerprint density at radius 2 is 1.91 bits per heavy atom. The Morgan fingerprint density at radius 3 is 2.36 bits per heavy atom. The number of aliphatic hydroxyl groups is 1. The van der Waals surface area contributed by atoms with E-state index in [0.717, 1.165) is 6.42 Å². The summed E-state index contributed by atoms with van der Waals surface area (Å²) < 4.78 is 10.3. The average Bonchev–Trinajstić information content (AvgIpc) is 1.97. The molecule has 0 aromatic heterocycles. The molecule has 0 aliphatic heterocycles. The average molecular weight is 162 g/mol. The largest absolute Gasteiger partial charge is 0.394 e. The van der Waals surface area contributed by atoms with Crippen molar-refractivity contribution in [3.05, 3.63) is 0 Å². The first-order valence-electron chi connectivity index (χ1n) is 3.86. The highest BCUT2D eigenvalue weighted by Gasteiger charge is 2.16. The van der Waals surface area contributed by atoms with Crippen molar-refractivity contribution >= 4 is 0 Å². The molecule has 0 saturated carbocycles. The summed E-state index contributed by atoms with van der Waals surface area (Å²) in [4.78, 5) is 0. The maximum Gasteiger partial charge on any atom is 0.0705 e. The fraction of sp³-hybridized carbons (Fsp3) is 1.00. The van der Waals surface area contributed by atoms with Crippen LogP contribution in [0.5, 0.6) is 0 Å². The van der Waals surface area contributed by atoms with Crippen LogP contribution in [0.1, 0.15) is 20.3 Å². The molecule has 0 radical (unpaired) electrons. The summed E-state index contributed by atoms with van der Waals surface area (Å²) in [5.74, 6) is 0. The van der Waals surface area contributed by atoms with Gasteiger partial charge in [-0.15, -0.1) is 0 Å². The molecule has 0 amide bonds. The fourth-order valence-corrected chi connectivity index (χ4v) is 0.742. The Balaban J connectivity index is 3.43. The molecule has 0 spiro atoms. The quantitative estimate of drug-likeness (QED) is 0.628. The summed E-state index contributed by atoms with van der Waals surface area (Å²) >= 11 is 0. The van der Waals surface area contributed by atoms with Gasteiger partial charge in [0.25, 0.3) is 0 Å². The van der Waals surface area contributed by atoms with Crippen molar-refractivity contribution in [1.29, 1.82) is 0 Å². The maximum atomic E-state index is 8.50. The predicted molar refractivity (Wildman–Crippen MR) is 43.6 cm³/mol. The molecule has 0 fully saturated rings. The van der Waals surface area contributed by atoms with E-state index in [4.69, 9.17) is 14.6 Å². The zero-order valence-electron chi connectivity index (χ0n) is 7.59. The molecule has 11 heavy (non-hydrogen) atoms. The van der Waals surface area contributed by atoms with Gasteiger partial charge in [0.1, 0.15) is 0 Å². The van der Waals surface area contributed by atoms with Crippen LogP contribution in [0, 0.1) is 0 Å². The van der Waals surface area contributed by atoms with Crippen LogP contribution in [-0.2, 0) is 9.47 Å². The highest BCUT2D eigenvalue weighted by Crippen LogP contribution is 2.13. The van der Waals surface area contributed by atoms with Gasteiger partial charge in [-0.2, -0.15) is 0 Å². The Bertz CT molecular complexity index is 81.3. The van der Waals surface area contributed by atoms with Gasteiger partial charge in [0.2, 0.25) is 0 Å². The summed E-state index contributed by atoms with van der Waals surface area (Å²) in [6.07, 6.45) is 0.851. The van der Waals surface area contributed by atoms with Crippen molar-refractivity contribution in [3.63, 3.8) is 0 Å². The molecule has 68 valence electrons. The molecule has 0 aliphatic carbocycles. The fourth-order valence-electron chi connectivity index (χ4n) is 0.742. The molecular formula is C8H18O3. The third-order valence-corrected chi connectivity index (χ3v) is 1.49. The number of rotatable bonds is 6. The van der Waals surface area contributed by atoms with E-state index in [-0.39, 0.29) is 12.2 Å². The Morgan fingerprint density at radius 1 is 1.27 bits per heavy atom. The molecule has 0 unspecified atom stereocenters. The molecular weight excluding hydrogens is 144 g/mol. The van der Waals surface area contributed by atoms with E-state index in [2.05, 4.69) is 0 Å². The number of aliphatic hydroxyl groups excluding tert-OH is 1. The van der Waals surface area contributed by atoms with Crippen molar-refractivity contribution in [2.45, 2.75) is 25.9 Å². The van der Waals surface area contributed by atoms with Crippen molar-refractivity contribution in [3.8, 4) is 0 Å². The van der Waals surface area contributed by atoms with Crippen LogP contribution >= 0.6 is 0 Å². The molecule has 3 nitrogen and oxygen atoms in total. The van der Waals surface area contributed by atoms with Gasteiger partial charge < -0.3 is 14.6 Å². The number of hydrogen-bond acceptors (Lipinski definition) is 3. The van der Waals surface area contributed by atoms with Gasteiger partial charge in [-0.1, -0.05) is 0 Å². The van der Waals surface area contributed by atoms with Crippen LogP contribution in [0.3, 0.4) is 0 Å². The summed E-state index contributed by atoms with van der Waals surface area (Å²) in [5, 5.41) is 8.50. The van der Waals surface area contributed by atoms with E-state index < -0.39 is 0 Å². The second kappa shape index (κ2) is 5.52. The maximum absolute atomic E-state index is 8.50. The van der Waals surface area contributed by atoms with Crippen molar-refractivity contribution in [2.24, 2.45) is 0 Å². The lowest BCUT2D eigenvalue weighted by Gasteiger charge is -2.24. The normalized spacial score (nSPS) is 12.0. The van der Waals surface area contributed by atoms with Gasteiger partial charge in [0.15, 0.2) is 0 Å². The van der Waals surface area contributed by atoms with Crippen molar-refractivity contribution in [2.75, 3.05) is 26.9 Å². The molecule has 3 heteroatoms. The Labute approximate surface area is 68.3 Å². The van der Waals surface area contributed by atoms with Crippen molar-refractivity contribution < 1.29 is 14.6 Å². The molecule has 0 aromatic carbocycles. The van der Waals surface area contributed by atoms with Crippen LogP contribution in [0.25, 0.3) is 0 Å². The molecule has 0 atom stereocenters. The van der Waals surface area contributed by atoms with Gasteiger partial charge in [0.05, 0.1) is 18.8 Å². The van der Waals surface area contributed by atoms with Crippen LogP contribution in [0.4, 0.5) is 0 Å². The minimum Gasteiger partial charge on any atom is -0.394 e. The summed E-state index contributed by atoms with van der Waals surface area (Å²) in [5.41, 5.74) is -0.182. The van der Waals surface area contributed by atoms with E-state index in [1.165, 1.54) is 0 Å². The second-order valence-corrected chi connectivity index (χ2v) is 3.07. The lowest BCUT2D eigenvalue weighted by molar-refractivity contribution is -0.0489. The SMILES string of the molecule is COCCC(C)(C)OCCO. The van der Waals surface area contributed by atoms with E-state index in [1.807, 2.05) is 13.8 Å². The Hall–Kier alpha value is -0.120. The smallest absolute Gasteiger partial charge is 0.0705 e. The van der Waals surface area contributed by atoms with Gasteiger partial charge in [0, 0.05) is 13.7 Å². The predicted octanol–water partition coefficient (Wildman–Crippen LogP) is 0.810. The van der Waals surface area contributed by atoms with Crippen molar-refractivity contribution in [1.82, 2.24) is 0 Å². The molecule has 0 saturated heterocycles. The summed E-state index contributed by atoms with van der Waals surface area (Å²) in [6.45, 7) is 5.15. The molecule has 0 bridgehead atoms. The molecule has 0 aliphatic rings. The zero-order chi connectivity index (χ0) is 8.74. The lowest BCUT2D eigenvalue weighted by Crippen LogP contribution is -2.27. The van der Waals surface area contributed by atoms with E-state index in [1.54, 1.807) is 7.11 Å². The number of ether oxygens (including phenoxy) is 2. The Kier molecular flexibility index (Phi) is 5.46. The number of hydrogen-bond donors (Lipinski definition) is 1. The highest BCUT2D eigenvalue weighted by atomic mass is 16.5. The molecule has 0 rings (SSSR count). The standard InChI is InChI=1S/C8H18O3/c1-8(2,4-6-10-3)11-7-5-9/h9H,4-7H2,1-3H3. The first-order valence-corrected chi connectivity index (χ1v) is 3.86. The van der Waals surface area contributed by atoms with Gasteiger partial charge in [-0.3, -0.25) is 0 Å². The van der Waals surface area contributed by atoms with E-state index in [9.17, 15) is 0 Å². The summed E-state index contributed by atoms with van der Waals surface area (Å²) in [6, 6.07) is 0. The third-order valence-electron chi connectivity index (χ3n) is 1.49. The second-order valence-electron chi connectivity index (χ2n) is 3.07. The van der Waals surface area contributed by atoms with Crippen LogP contribution in [0.2, 0.25) is 0 Å². The lowest BCUT2D eigenvalue weighted by atomic mass is 10.1.